The van der Waals surface area contributed by atoms with Crippen LogP contribution in [0, 0.1) is 13.8 Å². The van der Waals surface area contributed by atoms with Crippen LogP contribution in [-0.4, -0.2) is 19.7 Å². The Bertz CT molecular complexity index is 371. The Hall–Kier alpha value is -0.606. The van der Waals surface area contributed by atoms with E-state index in [0.717, 1.165) is 11.3 Å². The summed E-state index contributed by atoms with van der Waals surface area (Å²) >= 11 is 0. The third-order valence-electron chi connectivity index (χ3n) is 1.54. The molecule has 0 fully saturated rings. The van der Waals surface area contributed by atoms with Crippen LogP contribution in [0.4, 0.5) is 0 Å². The Morgan fingerprint density at radius 1 is 1.43 bits per heavy atom. The molecule has 71 valence electrons. The van der Waals surface area contributed by atoms with Crippen molar-refractivity contribution in [1.29, 1.82) is 0 Å². The van der Waals surface area contributed by atoms with E-state index in [2.05, 4.69) is 21.4 Å². The van der Waals surface area contributed by atoms with Gasteiger partial charge in [-0.05, 0) is 11.3 Å². The molecule has 0 N–H and O–H groups in total. The first-order chi connectivity index (χ1) is 5.86. The smallest absolute Gasteiger partial charge is 0.0460 e. The van der Waals surface area contributed by atoms with Gasteiger partial charge in [-0.3, -0.25) is 4.68 Å². The third-order valence-corrected chi connectivity index (χ3v) is 1.54. The van der Waals surface area contributed by atoms with Crippen molar-refractivity contribution in [3.05, 3.63) is 38.4 Å². The fraction of sp³-hybridized carbons (Fsp3) is 0.111. The van der Waals surface area contributed by atoms with Crippen LogP contribution in [0.1, 0.15) is 0 Å². The van der Waals surface area contributed by atoms with Crippen LogP contribution < -0.4 is 0 Å². The van der Waals surface area contributed by atoms with Crippen LogP contribution in [0.2, 0.25) is 0 Å². The van der Waals surface area contributed by atoms with E-state index in [1.165, 1.54) is 0 Å². The topological polar surface area (TPSA) is 43.6 Å². The second kappa shape index (κ2) is 5.99. The quantitative estimate of drug-likeness (QED) is 0.724. The summed E-state index contributed by atoms with van der Waals surface area (Å²) in [5.41, 5.74) is 1.83. The molecule has 0 aliphatic heterocycles. The minimum atomic E-state index is 0. The van der Waals surface area contributed by atoms with Crippen molar-refractivity contribution in [3.8, 4) is 11.3 Å². The summed E-state index contributed by atoms with van der Waals surface area (Å²) in [5, 5.41) is 4.04. The van der Waals surface area contributed by atoms with Crippen LogP contribution in [0.3, 0.4) is 0 Å². The van der Waals surface area contributed by atoms with Gasteiger partial charge in [0.15, 0.2) is 0 Å². The molecule has 1 radical (unpaired) electrons. The van der Waals surface area contributed by atoms with Gasteiger partial charge >= 0.3 is 0 Å². The van der Waals surface area contributed by atoms with Gasteiger partial charge in [-0.1, -0.05) is 6.20 Å². The molecular weight excluding hydrogens is 253 g/mol. The fourth-order valence-electron chi connectivity index (χ4n) is 0.975. The SMILES string of the molecule is Cn1cc(-c2ccn[c-]n2)cn1.[CH3-].[Y]. The van der Waals surface area contributed by atoms with E-state index in [0.29, 0.717) is 0 Å². The molecule has 0 saturated heterocycles. The number of nitrogens with zero attached hydrogens (tertiary/aromatic N) is 4. The first kappa shape index (κ1) is 13.4. The third kappa shape index (κ3) is 2.96. The maximum absolute atomic E-state index is 4.04. The first-order valence-electron chi connectivity index (χ1n) is 3.54. The first-order valence-corrected chi connectivity index (χ1v) is 3.54. The summed E-state index contributed by atoms with van der Waals surface area (Å²) in [5.74, 6) is 0. The molecule has 0 atom stereocenters. The van der Waals surface area contributed by atoms with E-state index in [4.69, 9.17) is 0 Å². The Kier molecular flexibility index (Phi) is 5.73. The van der Waals surface area contributed by atoms with Gasteiger partial charge in [-0.25, -0.2) is 0 Å². The maximum Gasteiger partial charge on any atom is 0.0460 e. The van der Waals surface area contributed by atoms with Crippen molar-refractivity contribution >= 4 is 0 Å². The van der Waals surface area contributed by atoms with Gasteiger partial charge in [0.2, 0.25) is 0 Å². The summed E-state index contributed by atoms with van der Waals surface area (Å²) in [6, 6.07) is 1.83. The van der Waals surface area contributed by atoms with E-state index in [1.54, 1.807) is 17.1 Å². The van der Waals surface area contributed by atoms with Gasteiger partial charge in [0.1, 0.15) is 0 Å². The molecule has 0 unspecified atom stereocenters. The van der Waals surface area contributed by atoms with Crippen molar-refractivity contribution in [1.82, 2.24) is 19.7 Å². The summed E-state index contributed by atoms with van der Waals surface area (Å²) in [6.45, 7) is 0. The Labute approximate surface area is 109 Å². The number of hydrogen-bond donors (Lipinski definition) is 0. The molecule has 2 heterocycles. The second-order valence-electron chi connectivity index (χ2n) is 2.44. The second-order valence-corrected chi connectivity index (χ2v) is 2.44. The van der Waals surface area contributed by atoms with Gasteiger partial charge < -0.3 is 17.4 Å². The molecule has 0 aromatic carbocycles. The van der Waals surface area contributed by atoms with Gasteiger partial charge in [0.25, 0.3) is 0 Å². The van der Waals surface area contributed by atoms with Gasteiger partial charge in [-0.15, -0.1) is 6.07 Å². The van der Waals surface area contributed by atoms with Crippen LogP contribution >= 0.6 is 0 Å². The summed E-state index contributed by atoms with van der Waals surface area (Å²) in [6.07, 6.45) is 7.85. The summed E-state index contributed by atoms with van der Waals surface area (Å²) in [4.78, 5) is 7.69. The number of hydrogen-bond acceptors (Lipinski definition) is 3. The summed E-state index contributed by atoms with van der Waals surface area (Å²) in [7, 11) is 1.87. The molecule has 4 nitrogen and oxygen atoms in total. The minimum absolute atomic E-state index is 0. The normalized spacial score (nSPS) is 8.64. The van der Waals surface area contributed by atoms with Gasteiger partial charge in [0, 0.05) is 58.5 Å². The van der Waals surface area contributed by atoms with Crippen molar-refractivity contribution < 1.29 is 32.7 Å². The summed E-state index contributed by atoms with van der Waals surface area (Å²) < 4.78 is 1.73. The molecule has 2 rings (SSSR count). The molecule has 0 aliphatic carbocycles. The molecule has 0 aliphatic rings. The van der Waals surface area contributed by atoms with Gasteiger partial charge in [-0.2, -0.15) is 5.10 Å². The molecule has 14 heavy (non-hydrogen) atoms. The van der Waals surface area contributed by atoms with Gasteiger partial charge in [0.05, 0.1) is 0 Å². The predicted octanol–water partition coefficient (Wildman–Crippen LogP) is 1.13. The molecule has 0 saturated carbocycles. The Morgan fingerprint density at radius 2 is 2.21 bits per heavy atom. The zero-order chi connectivity index (χ0) is 8.39. The molecule has 0 bridgehead atoms. The van der Waals surface area contributed by atoms with Crippen LogP contribution in [0.25, 0.3) is 11.3 Å². The van der Waals surface area contributed by atoms with Crippen LogP contribution in [-0.2, 0) is 39.8 Å². The van der Waals surface area contributed by atoms with E-state index in [9.17, 15) is 0 Å². The number of aromatic nitrogens is 4. The van der Waals surface area contributed by atoms with E-state index in [1.807, 2.05) is 19.3 Å². The predicted molar refractivity (Wildman–Crippen MR) is 49.5 cm³/mol. The largest absolute Gasteiger partial charge is 0.374 e. The number of rotatable bonds is 1. The molecule has 0 amide bonds. The van der Waals surface area contributed by atoms with Crippen molar-refractivity contribution in [3.63, 3.8) is 0 Å². The average molecular weight is 263 g/mol. The van der Waals surface area contributed by atoms with Crippen molar-refractivity contribution in [2.45, 2.75) is 0 Å². The molecule has 0 spiro atoms. The zero-order valence-electron chi connectivity index (χ0n) is 8.18. The Morgan fingerprint density at radius 3 is 2.71 bits per heavy atom. The maximum atomic E-state index is 4.04. The van der Waals surface area contributed by atoms with E-state index < -0.39 is 0 Å². The molecular formula is C9H10N4Y-2. The standard InChI is InChI=1S/C8H7N4.CH3.Y/c1-12-5-7(4-11-12)8-2-3-9-6-10-8;;/h2-5H,1H3;1H3;/q2*-1;. The molecule has 2 aromatic heterocycles. The fourth-order valence-corrected chi connectivity index (χ4v) is 0.975. The van der Waals surface area contributed by atoms with E-state index in [-0.39, 0.29) is 40.1 Å². The minimum Gasteiger partial charge on any atom is -0.374 e. The van der Waals surface area contributed by atoms with Crippen LogP contribution in [0.15, 0.2) is 24.7 Å². The molecule has 2 aromatic rings. The van der Waals surface area contributed by atoms with Crippen molar-refractivity contribution in [2.75, 3.05) is 0 Å². The number of aryl methyl sites for hydroxylation is 1. The van der Waals surface area contributed by atoms with Crippen LogP contribution in [0.5, 0.6) is 0 Å². The monoisotopic (exact) mass is 263 g/mol. The van der Waals surface area contributed by atoms with E-state index >= 15 is 0 Å². The van der Waals surface area contributed by atoms with Crippen molar-refractivity contribution in [2.24, 2.45) is 7.05 Å². The zero-order valence-corrected chi connectivity index (χ0v) is 11.0. The Balaban J connectivity index is 0.000000845. The average Bonchev–Trinajstić information content (AvgIpc) is 2.54. The molecule has 5 heteroatoms.